The second-order valence-corrected chi connectivity index (χ2v) is 6.14. The maximum atomic E-state index is 5.45. The largest absolute Gasteiger partial charge is 0.454 e. The second kappa shape index (κ2) is 5.61. The van der Waals surface area contributed by atoms with E-state index in [1.54, 1.807) is 0 Å². The predicted octanol–water partition coefficient (Wildman–Crippen LogP) is 4.74. The summed E-state index contributed by atoms with van der Waals surface area (Å²) < 4.78 is 12.0. The molecule has 0 bridgehead atoms. The number of nitrogens with zero attached hydrogens (tertiary/aromatic N) is 1. The summed E-state index contributed by atoms with van der Waals surface area (Å²) in [6.07, 6.45) is 6.06. The second-order valence-electron chi connectivity index (χ2n) is 4.98. The van der Waals surface area contributed by atoms with E-state index in [1.165, 1.54) is 0 Å². The molecule has 2 heterocycles. The first-order valence-electron chi connectivity index (χ1n) is 6.92. The number of hydrogen-bond acceptors (Lipinski definition) is 3. The van der Waals surface area contributed by atoms with Crippen LogP contribution in [0.25, 0.3) is 23.1 Å². The van der Waals surface area contributed by atoms with Crippen molar-refractivity contribution in [2.75, 3.05) is 6.79 Å². The molecule has 0 saturated carbocycles. The number of halogens is 1. The van der Waals surface area contributed by atoms with Gasteiger partial charge >= 0.3 is 0 Å². The molecular formula is C18H12INO2. The van der Waals surface area contributed by atoms with Gasteiger partial charge in [-0.25, -0.2) is 0 Å². The molecule has 3 aromatic rings. The van der Waals surface area contributed by atoms with E-state index in [0.717, 1.165) is 37.1 Å². The van der Waals surface area contributed by atoms with Crippen molar-refractivity contribution in [2.24, 2.45) is 0 Å². The molecule has 0 atom stereocenters. The van der Waals surface area contributed by atoms with Crippen LogP contribution in [0.3, 0.4) is 0 Å². The van der Waals surface area contributed by atoms with Gasteiger partial charge in [-0.1, -0.05) is 30.4 Å². The molecule has 0 saturated heterocycles. The molecule has 0 amide bonds. The fourth-order valence-corrected chi connectivity index (χ4v) is 3.12. The van der Waals surface area contributed by atoms with E-state index in [0.29, 0.717) is 6.79 Å². The average molecular weight is 401 g/mol. The van der Waals surface area contributed by atoms with E-state index in [-0.39, 0.29) is 0 Å². The van der Waals surface area contributed by atoms with Gasteiger partial charge in [0.1, 0.15) is 0 Å². The summed E-state index contributed by atoms with van der Waals surface area (Å²) in [6, 6.07) is 14.2. The van der Waals surface area contributed by atoms with E-state index in [2.05, 4.69) is 45.8 Å². The lowest BCUT2D eigenvalue weighted by Gasteiger charge is -2.03. The van der Waals surface area contributed by atoms with Gasteiger partial charge in [-0.2, -0.15) is 0 Å². The normalized spacial score (nSPS) is 13.1. The van der Waals surface area contributed by atoms with Crippen LogP contribution in [0.5, 0.6) is 11.5 Å². The first kappa shape index (κ1) is 13.6. The predicted molar refractivity (Wildman–Crippen MR) is 96.0 cm³/mol. The molecule has 0 radical (unpaired) electrons. The highest BCUT2D eigenvalue weighted by Crippen LogP contribution is 2.36. The number of pyridine rings is 1. The molecule has 1 aliphatic rings. The minimum absolute atomic E-state index is 0.299. The summed E-state index contributed by atoms with van der Waals surface area (Å²) in [5, 5.41) is 1.15. The van der Waals surface area contributed by atoms with Gasteiger partial charge in [0.05, 0.1) is 5.52 Å². The van der Waals surface area contributed by atoms with Crippen molar-refractivity contribution in [3.8, 4) is 11.5 Å². The molecular weight excluding hydrogens is 389 g/mol. The lowest BCUT2D eigenvalue weighted by Crippen LogP contribution is -1.92. The highest BCUT2D eigenvalue weighted by Gasteiger charge is 2.15. The van der Waals surface area contributed by atoms with Crippen molar-refractivity contribution in [1.29, 1.82) is 0 Å². The van der Waals surface area contributed by atoms with Crippen LogP contribution in [-0.2, 0) is 0 Å². The zero-order valence-electron chi connectivity index (χ0n) is 11.6. The smallest absolute Gasteiger partial charge is 0.231 e. The van der Waals surface area contributed by atoms with Crippen LogP contribution in [0.4, 0.5) is 0 Å². The molecule has 4 heteroatoms. The van der Waals surface area contributed by atoms with Gasteiger partial charge in [0.25, 0.3) is 0 Å². The van der Waals surface area contributed by atoms with Crippen LogP contribution in [0.1, 0.15) is 11.1 Å². The van der Waals surface area contributed by atoms with Crippen LogP contribution in [0.15, 0.2) is 48.7 Å². The molecule has 22 heavy (non-hydrogen) atoms. The molecule has 0 aliphatic carbocycles. The van der Waals surface area contributed by atoms with Crippen LogP contribution in [-0.4, -0.2) is 11.8 Å². The van der Waals surface area contributed by atoms with Gasteiger partial charge in [-0.15, -0.1) is 0 Å². The summed E-state index contributed by atoms with van der Waals surface area (Å²) in [7, 11) is 0. The number of benzene rings is 2. The molecule has 3 nitrogen and oxygen atoms in total. The monoisotopic (exact) mass is 401 g/mol. The van der Waals surface area contributed by atoms with Crippen molar-refractivity contribution in [3.05, 3.63) is 63.4 Å². The Morgan fingerprint density at radius 1 is 0.955 bits per heavy atom. The Balaban J connectivity index is 1.75. The number of aromatic nitrogens is 1. The topological polar surface area (TPSA) is 31.4 Å². The summed E-state index contributed by atoms with van der Waals surface area (Å²) in [6.45, 7) is 0.299. The zero-order valence-corrected chi connectivity index (χ0v) is 13.8. The van der Waals surface area contributed by atoms with Crippen LogP contribution < -0.4 is 9.47 Å². The first-order valence-corrected chi connectivity index (χ1v) is 8.00. The lowest BCUT2D eigenvalue weighted by molar-refractivity contribution is 0.174. The fourth-order valence-electron chi connectivity index (χ4n) is 2.50. The number of hydrogen-bond donors (Lipinski definition) is 0. The van der Waals surface area contributed by atoms with Crippen molar-refractivity contribution in [1.82, 2.24) is 4.98 Å². The average Bonchev–Trinajstić information content (AvgIpc) is 2.99. The number of rotatable bonds is 2. The van der Waals surface area contributed by atoms with Crippen LogP contribution in [0.2, 0.25) is 0 Å². The van der Waals surface area contributed by atoms with Gasteiger partial charge in [0.2, 0.25) is 6.79 Å². The SMILES string of the molecule is Ic1cc2c(cc1/C=C\c1ccnc3ccccc13)OCO2. The third-order valence-electron chi connectivity index (χ3n) is 3.62. The molecule has 0 spiro atoms. The molecule has 1 aromatic heterocycles. The van der Waals surface area contributed by atoms with Crippen molar-refractivity contribution >= 4 is 45.6 Å². The molecule has 0 fully saturated rings. The Morgan fingerprint density at radius 3 is 2.64 bits per heavy atom. The molecule has 0 unspecified atom stereocenters. The Labute approximate surface area is 141 Å². The van der Waals surface area contributed by atoms with Gasteiger partial charge in [-0.3, -0.25) is 4.98 Å². The fraction of sp³-hybridized carbons (Fsp3) is 0.0556. The summed E-state index contributed by atoms with van der Waals surface area (Å²) >= 11 is 2.32. The number of ether oxygens (including phenoxy) is 2. The number of fused-ring (bicyclic) bond motifs is 2. The summed E-state index contributed by atoms with van der Waals surface area (Å²) in [5.74, 6) is 1.62. The van der Waals surface area contributed by atoms with E-state index < -0.39 is 0 Å². The third-order valence-corrected chi connectivity index (χ3v) is 4.55. The minimum Gasteiger partial charge on any atom is -0.454 e. The van der Waals surface area contributed by atoms with Gasteiger partial charge in [0, 0.05) is 15.2 Å². The molecule has 0 N–H and O–H groups in total. The quantitative estimate of drug-likeness (QED) is 0.582. The summed E-state index contributed by atoms with van der Waals surface area (Å²) in [5.41, 5.74) is 3.27. The van der Waals surface area contributed by atoms with Crippen molar-refractivity contribution in [3.63, 3.8) is 0 Å². The van der Waals surface area contributed by atoms with E-state index in [1.807, 2.05) is 42.6 Å². The van der Waals surface area contributed by atoms with Crippen LogP contribution in [0, 0.1) is 3.57 Å². The highest BCUT2D eigenvalue weighted by atomic mass is 127. The zero-order chi connectivity index (χ0) is 14.9. The summed E-state index contributed by atoms with van der Waals surface area (Å²) in [4.78, 5) is 4.39. The van der Waals surface area contributed by atoms with E-state index >= 15 is 0 Å². The highest BCUT2D eigenvalue weighted by molar-refractivity contribution is 14.1. The Hall–Kier alpha value is -2.08. The Kier molecular flexibility index (Phi) is 3.46. The van der Waals surface area contributed by atoms with Crippen LogP contribution >= 0.6 is 22.6 Å². The minimum atomic E-state index is 0.299. The van der Waals surface area contributed by atoms with E-state index in [4.69, 9.17) is 9.47 Å². The van der Waals surface area contributed by atoms with Crippen molar-refractivity contribution in [2.45, 2.75) is 0 Å². The number of para-hydroxylation sites is 1. The maximum absolute atomic E-state index is 5.45. The first-order chi connectivity index (χ1) is 10.8. The van der Waals surface area contributed by atoms with E-state index in [9.17, 15) is 0 Å². The molecule has 1 aliphatic heterocycles. The Morgan fingerprint density at radius 2 is 1.73 bits per heavy atom. The van der Waals surface area contributed by atoms with Gasteiger partial charge < -0.3 is 9.47 Å². The van der Waals surface area contributed by atoms with Gasteiger partial charge in [0.15, 0.2) is 11.5 Å². The van der Waals surface area contributed by atoms with Crippen molar-refractivity contribution < 1.29 is 9.47 Å². The third kappa shape index (κ3) is 2.43. The molecule has 2 aromatic carbocycles. The Bertz CT molecular complexity index is 884. The molecule has 4 rings (SSSR count). The lowest BCUT2D eigenvalue weighted by atomic mass is 10.1. The van der Waals surface area contributed by atoms with Gasteiger partial charge in [-0.05, 0) is 58.0 Å². The molecule has 108 valence electrons. The maximum Gasteiger partial charge on any atom is 0.231 e. The standard InChI is InChI=1S/C18H12INO2/c19-15-10-18-17(21-11-22-18)9-13(15)6-5-12-7-8-20-16-4-2-1-3-14(12)16/h1-10H,11H2/b6-5-.